The lowest BCUT2D eigenvalue weighted by molar-refractivity contribution is -0.00792. The Morgan fingerprint density at radius 2 is 1.62 bits per heavy atom. The molecule has 0 bridgehead atoms. The highest BCUT2D eigenvalue weighted by Crippen LogP contribution is 2.15. The highest BCUT2D eigenvalue weighted by molar-refractivity contribution is 4.67. The van der Waals surface area contributed by atoms with Gasteiger partial charge in [-0.2, -0.15) is 5.26 Å². The van der Waals surface area contributed by atoms with Crippen LogP contribution in [-0.2, 0) is 14.2 Å². The minimum Gasteiger partial charge on any atom is -0.381 e. The summed E-state index contributed by atoms with van der Waals surface area (Å²) in [5.74, 6) is 0. The van der Waals surface area contributed by atoms with Gasteiger partial charge < -0.3 is 14.2 Å². The number of hydrogen-bond acceptors (Lipinski definition) is 4. The first-order valence-corrected chi connectivity index (χ1v) is 8.57. The molecule has 1 heterocycles. The first kappa shape index (κ1) is 18.4. The van der Waals surface area contributed by atoms with Crippen LogP contribution in [0.1, 0.15) is 64.2 Å². The monoisotopic (exact) mass is 297 g/mol. The van der Waals surface area contributed by atoms with E-state index in [1.807, 2.05) is 0 Å². The van der Waals surface area contributed by atoms with Crippen molar-refractivity contribution in [3.8, 4) is 6.07 Å². The van der Waals surface area contributed by atoms with Crippen molar-refractivity contribution in [3.63, 3.8) is 0 Å². The quantitative estimate of drug-likeness (QED) is 0.485. The molecule has 1 rings (SSSR count). The van der Waals surface area contributed by atoms with Crippen LogP contribution in [0.3, 0.4) is 0 Å². The fraction of sp³-hybridized carbons (Fsp3) is 0.941. The third-order valence-corrected chi connectivity index (χ3v) is 3.76. The van der Waals surface area contributed by atoms with E-state index in [-0.39, 0.29) is 0 Å². The summed E-state index contributed by atoms with van der Waals surface area (Å²) in [6.45, 7) is 4.25. The van der Waals surface area contributed by atoms with Crippen LogP contribution in [0.4, 0.5) is 0 Å². The van der Waals surface area contributed by atoms with E-state index in [2.05, 4.69) is 6.07 Å². The molecule has 1 saturated heterocycles. The van der Waals surface area contributed by atoms with Crippen molar-refractivity contribution in [1.82, 2.24) is 0 Å². The van der Waals surface area contributed by atoms with Crippen LogP contribution in [0.25, 0.3) is 0 Å². The number of hydrogen-bond donors (Lipinski definition) is 0. The maximum absolute atomic E-state index is 8.39. The Balaban J connectivity index is 1.70. The summed E-state index contributed by atoms with van der Waals surface area (Å²) in [4.78, 5) is 0. The Kier molecular flexibility index (Phi) is 12.6. The number of ether oxygens (including phenoxy) is 3. The predicted molar refractivity (Wildman–Crippen MR) is 83.2 cm³/mol. The van der Waals surface area contributed by atoms with Crippen LogP contribution in [0.2, 0.25) is 0 Å². The lowest BCUT2D eigenvalue weighted by Gasteiger charge is -2.22. The van der Waals surface area contributed by atoms with Gasteiger partial charge in [-0.15, -0.1) is 0 Å². The van der Waals surface area contributed by atoms with Crippen molar-refractivity contribution in [2.75, 3.05) is 33.0 Å². The molecule has 0 radical (unpaired) electrons. The number of unbranched alkanes of at least 4 members (excludes halogenated alkanes) is 4. The van der Waals surface area contributed by atoms with Crippen molar-refractivity contribution >= 4 is 0 Å². The molecule has 0 N–H and O–H groups in total. The first-order chi connectivity index (χ1) is 10.4. The van der Waals surface area contributed by atoms with Gasteiger partial charge in [0.25, 0.3) is 0 Å². The Hall–Kier alpha value is -0.630. The maximum atomic E-state index is 8.39. The molecule has 0 amide bonds. The van der Waals surface area contributed by atoms with Gasteiger partial charge in [-0.1, -0.05) is 0 Å². The molecule has 0 aromatic rings. The molecule has 4 heteroatoms. The second-order valence-corrected chi connectivity index (χ2v) is 5.68. The van der Waals surface area contributed by atoms with Crippen molar-refractivity contribution in [1.29, 1.82) is 5.26 Å². The van der Waals surface area contributed by atoms with Crippen LogP contribution in [0.5, 0.6) is 0 Å². The molecule has 1 aliphatic heterocycles. The molecule has 1 fully saturated rings. The summed E-state index contributed by atoms with van der Waals surface area (Å²) in [5, 5.41) is 8.39. The van der Waals surface area contributed by atoms with E-state index in [1.165, 1.54) is 19.3 Å². The summed E-state index contributed by atoms with van der Waals surface area (Å²) in [6.07, 6.45) is 11.2. The zero-order valence-corrected chi connectivity index (χ0v) is 13.4. The second-order valence-electron chi connectivity index (χ2n) is 5.68. The van der Waals surface area contributed by atoms with Crippen molar-refractivity contribution in [3.05, 3.63) is 0 Å². The Bertz CT molecular complexity index is 259. The summed E-state index contributed by atoms with van der Waals surface area (Å²) >= 11 is 0. The van der Waals surface area contributed by atoms with E-state index in [0.29, 0.717) is 12.5 Å². The van der Waals surface area contributed by atoms with Crippen LogP contribution >= 0.6 is 0 Å². The van der Waals surface area contributed by atoms with Crippen LogP contribution < -0.4 is 0 Å². The molecule has 1 unspecified atom stereocenters. The fourth-order valence-electron chi connectivity index (χ4n) is 2.45. The minimum atomic E-state index is 0.438. The van der Waals surface area contributed by atoms with Crippen LogP contribution in [-0.4, -0.2) is 39.1 Å². The van der Waals surface area contributed by atoms with Gasteiger partial charge in [-0.25, -0.2) is 0 Å². The van der Waals surface area contributed by atoms with E-state index >= 15 is 0 Å². The summed E-state index contributed by atoms with van der Waals surface area (Å²) in [5.41, 5.74) is 0. The number of nitriles is 1. The third kappa shape index (κ3) is 11.7. The van der Waals surface area contributed by atoms with Gasteiger partial charge >= 0.3 is 0 Å². The molecule has 0 saturated carbocycles. The molecule has 1 aliphatic rings. The standard InChI is InChI=1S/C17H31NO3/c18-11-4-1-5-12-19-13-6-2-7-14-20-16-10-17-9-3-8-15-21-17/h17H,1-10,12-16H2. The Morgan fingerprint density at radius 3 is 2.29 bits per heavy atom. The van der Waals surface area contributed by atoms with Gasteiger partial charge in [0.1, 0.15) is 0 Å². The minimum absolute atomic E-state index is 0.438. The van der Waals surface area contributed by atoms with E-state index in [1.54, 1.807) is 0 Å². The Morgan fingerprint density at radius 1 is 0.905 bits per heavy atom. The number of rotatable bonds is 13. The van der Waals surface area contributed by atoms with Crippen molar-refractivity contribution in [2.24, 2.45) is 0 Å². The van der Waals surface area contributed by atoms with Gasteiger partial charge in [0.05, 0.1) is 12.2 Å². The van der Waals surface area contributed by atoms with E-state index < -0.39 is 0 Å². The van der Waals surface area contributed by atoms with Gasteiger partial charge in [0.15, 0.2) is 0 Å². The predicted octanol–water partition coefficient (Wildman–Crippen LogP) is 3.84. The third-order valence-electron chi connectivity index (χ3n) is 3.76. The van der Waals surface area contributed by atoms with E-state index in [0.717, 1.165) is 71.6 Å². The van der Waals surface area contributed by atoms with Crippen LogP contribution in [0, 0.1) is 11.3 Å². The topological polar surface area (TPSA) is 51.5 Å². The SMILES string of the molecule is N#CCCCCOCCCCCOCCC1CCCCO1. The average Bonchev–Trinajstić information content (AvgIpc) is 2.53. The first-order valence-electron chi connectivity index (χ1n) is 8.57. The van der Waals surface area contributed by atoms with Gasteiger partial charge in [-0.05, 0) is 57.8 Å². The summed E-state index contributed by atoms with van der Waals surface area (Å²) in [7, 11) is 0. The van der Waals surface area contributed by atoms with Crippen molar-refractivity contribution in [2.45, 2.75) is 70.3 Å². The normalized spacial score (nSPS) is 18.5. The van der Waals surface area contributed by atoms with E-state index in [9.17, 15) is 0 Å². The molecular formula is C17H31NO3. The Labute approximate surface area is 129 Å². The number of nitrogens with zero attached hydrogens (tertiary/aromatic N) is 1. The second kappa shape index (κ2) is 14.3. The smallest absolute Gasteiger partial charge is 0.0621 e. The lowest BCUT2D eigenvalue weighted by atomic mass is 10.1. The summed E-state index contributed by atoms with van der Waals surface area (Å²) in [6, 6.07) is 2.15. The average molecular weight is 297 g/mol. The zero-order chi connectivity index (χ0) is 15.0. The molecule has 0 aromatic carbocycles. The molecule has 0 aliphatic carbocycles. The van der Waals surface area contributed by atoms with Gasteiger partial charge in [0, 0.05) is 39.5 Å². The molecule has 4 nitrogen and oxygen atoms in total. The van der Waals surface area contributed by atoms with E-state index in [4.69, 9.17) is 19.5 Å². The van der Waals surface area contributed by atoms with Crippen molar-refractivity contribution < 1.29 is 14.2 Å². The van der Waals surface area contributed by atoms with Crippen LogP contribution in [0.15, 0.2) is 0 Å². The summed E-state index contributed by atoms with van der Waals surface area (Å²) < 4.78 is 16.8. The molecule has 0 spiro atoms. The maximum Gasteiger partial charge on any atom is 0.0621 e. The molecular weight excluding hydrogens is 266 g/mol. The fourth-order valence-corrected chi connectivity index (χ4v) is 2.45. The molecule has 21 heavy (non-hydrogen) atoms. The molecule has 122 valence electrons. The molecule has 1 atom stereocenters. The highest BCUT2D eigenvalue weighted by atomic mass is 16.5. The molecule has 0 aromatic heterocycles. The van der Waals surface area contributed by atoms with Gasteiger partial charge in [-0.3, -0.25) is 0 Å². The zero-order valence-electron chi connectivity index (χ0n) is 13.4. The van der Waals surface area contributed by atoms with Gasteiger partial charge in [0.2, 0.25) is 0 Å². The largest absolute Gasteiger partial charge is 0.381 e. The lowest BCUT2D eigenvalue weighted by Crippen LogP contribution is -2.20. The highest BCUT2D eigenvalue weighted by Gasteiger charge is 2.12.